The number of aryl methyl sites for hydroxylation is 1. The predicted molar refractivity (Wildman–Crippen MR) is 83.8 cm³/mol. The van der Waals surface area contributed by atoms with Crippen LogP contribution in [0.5, 0.6) is 0 Å². The molecule has 1 amide bonds. The minimum atomic E-state index is 0.0606. The first kappa shape index (κ1) is 14.5. The molecule has 2 rings (SSSR count). The maximum atomic E-state index is 12.0. The monoisotopic (exact) mass is 393 g/mol. The lowest BCUT2D eigenvalue weighted by molar-refractivity contribution is 0.0948. The van der Waals surface area contributed by atoms with Gasteiger partial charge >= 0.3 is 0 Å². The smallest absolute Gasteiger partial charge is 0.261 e. The van der Waals surface area contributed by atoms with E-state index in [-0.39, 0.29) is 5.91 Å². The number of hydrogen-bond donors (Lipinski definition) is 1. The predicted octanol–water partition coefficient (Wildman–Crippen LogP) is 4.50. The molecule has 1 heterocycles. The summed E-state index contributed by atoms with van der Waals surface area (Å²) >= 11 is 8.63. The number of carbonyl (C=O) groups excluding carboxylic acids is 1. The Balaban J connectivity index is 1.84. The van der Waals surface area contributed by atoms with E-state index in [9.17, 15) is 4.79 Å². The van der Waals surface area contributed by atoms with Gasteiger partial charge in [0.1, 0.15) is 0 Å². The highest BCUT2D eigenvalue weighted by molar-refractivity contribution is 9.11. The van der Waals surface area contributed by atoms with Gasteiger partial charge in [-0.15, -0.1) is 11.3 Å². The summed E-state index contributed by atoms with van der Waals surface area (Å²) in [5.74, 6) is 0.682. The molecule has 1 N–H and O–H groups in total. The number of thiophene rings is 1. The molecule has 1 saturated carbocycles. The molecule has 2 atom stereocenters. The Hall–Kier alpha value is 0.130. The molecular formula is C13H17Br2NOS. The van der Waals surface area contributed by atoms with E-state index in [0.717, 1.165) is 20.8 Å². The second kappa shape index (κ2) is 6.53. The Bertz CT molecular complexity index is 413. The van der Waals surface area contributed by atoms with Crippen LogP contribution in [-0.4, -0.2) is 17.3 Å². The van der Waals surface area contributed by atoms with Crippen LogP contribution in [0.15, 0.2) is 9.85 Å². The van der Waals surface area contributed by atoms with Crippen LogP contribution in [0.25, 0.3) is 0 Å². The molecule has 1 aliphatic rings. The summed E-state index contributed by atoms with van der Waals surface area (Å²) in [5, 5.41) is 3.06. The lowest BCUT2D eigenvalue weighted by Crippen LogP contribution is -2.31. The van der Waals surface area contributed by atoms with E-state index in [1.165, 1.54) is 37.0 Å². The molecule has 0 saturated heterocycles. The lowest BCUT2D eigenvalue weighted by Gasteiger charge is -2.25. The van der Waals surface area contributed by atoms with E-state index in [2.05, 4.69) is 37.2 Å². The second-order valence-electron chi connectivity index (χ2n) is 4.91. The van der Waals surface area contributed by atoms with Crippen LogP contribution in [0.3, 0.4) is 0 Å². The van der Waals surface area contributed by atoms with E-state index in [1.807, 2.05) is 13.0 Å². The van der Waals surface area contributed by atoms with Gasteiger partial charge < -0.3 is 5.32 Å². The lowest BCUT2D eigenvalue weighted by atomic mass is 9.89. The van der Waals surface area contributed by atoms with Crippen LogP contribution in [-0.2, 0) is 0 Å². The first-order chi connectivity index (χ1) is 8.56. The summed E-state index contributed by atoms with van der Waals surface area (Å²) in [4.78, 5) is 13.4. The van der Waals surface area contributed by atoms with Gasteiger partial charge in [-0.25, -0.2) is 0 Å². The minimum absolute atomic E-state index is 0.0606. The third-order valence-electron chi connectivity index (χ3n) is 3.35. The SMILES string of the molecule is Cc1cc(C(=O)NCC2CCCC(Br)C2)sc1Br. The Labute approximate surface area is 129 Å². The van der Waals surface area contributed by atoms with Gasteiger partial charge in [0.15, 0.2) is 0 Å². The molecule has 5 heteroatoms. The Kier molecular flexibility index (Phi) is 5.27. The highest BCUT2D eigenvalue weighted by Gasteiger charge is 2.21. The van der Waals surface area contributed by atoms with E-state index >= 15 is 0 Å². The fraction of sp³-hybridized carbons (Fsp3) is 0.615. The van der Waals surface area contributed by atoms with Crippen molar-refractivity contribution >= 4 is 49.1 Å². The van der Waals surface area contributed by atoms with Crippen LogP contribution in [0.2, 0.25) is 0 Å². The summed E-state index contributed by atoms with van der Waals surface area (Å²) in [6, 6.07) is 1.94. The van der Waals surface area contributed by atoms with Gasteiger partial charge in [-0.3, -0.25) is 4.79 Å². The van der Waals surface area contributed by atoms with Crippen LogP contribution in [0, 0.1) is 12.8 Å². The van der Waals surface area contributed by atoms with Crippen molar-refractivity contribution < 1.29 is 4.79 Å². The average Bonchev–Trinajstić information content (AvgIpc) is 2.67. The Morgan fingerprint density at radius 3 is 2.94 bits per heavy atom. The Morgan fingerprint density at radius 1 is 1.56 bits per heavy atom. The van der Waals surface area contributed by atoms with Crippen molar-refractivity contribution in [3.05, 3.63) is 20.3 Å². The van der Waals surface area contributed by atoms with E-state index in [4.69, 9.17) is 0 Å². The van der Waals surface area contributed by atoms with Crippen LogP contribution < -0.4 is 5.32 Å². The third kappa shape index (κ3) is 3.81. The molecule has 2 nitrogen and oxygen atoms in total. The molecule has 1 aliphatic carbocycles. The first-order valence-corrected chi connectivity index (χ1v) is 8.77. The van der Waals surface area contributed by atoms with Crippen molar-refractivity contribution in [2.24, 2.45) is 5.92 Å². The van der Waals surface area contributed by atoms with Gasteiger partial charge in [0.25, 0.3) is 5.91 Å². The number of halogens is 2. The summed E-state index contributed by atoms with van der Waals surface area (Å²) in [6.45, 7) is 2.81. The van der Waals surface area contributed by atoms with E-state index < -0.39 is 0 Å². The second-order valence-corrected chi connectivity index (χ2v) is 8.57. The standard InChI is InChI=1S/C13H17Br2NOS/c1-8-5-11(18-12(8)15)13(17)16-7-9-3-2-4-10(14)6-9/h5,9-10H,2-4,6-7H2,1H3,(H,16,17). The minimum Gasteiger partial charge on any atom is -0.351 e. The quantitative estimate of drug-likeness (QED) is 0.751. The van der Waals surface area contributed by atoms with Gasteiger partial charge in [-0.05, 0) is 59.7 Å². The fourth-order valence-electron chi connectivity index (χ4n) is 2.31. The summed E-state index contributed by atoms with van der Waals surface area (Å²) in [5.41, 5.74) is 1.13. The molecule has 1 aromatic rings. The van der Waals surface area contributed by atoms with Gasteiger partial charge in [0, 0.05) is 11.4 Å². The molecule has 0 radical (unpaired) electrons. The first-order valence-electron chi connectivity index (χ1n) is 6.24. The molecule has 0 aliphatic heterocycles. The molecule has 18 heavy (non-hydrogen) atoms. The van der Waals surface area contributed by atoms with Crippen LogP contribution in [0.4, 0.5) is 0 Å². The van der Waals surface area contributed by atoms with Gasteiger partial charge in [0.05, 0.1) is 8.66 Å². The molecular weight excluding hydrogens is 378 g/mol. The van der Waals surface area contributed by atoms with Crippen molar-refractivity contribution in [1.82, 2.24) is 5.32 Å². The van der Waals surface area contributed by atoms with Gasteiger partial charge in [-0.1, -0.05) is 22.4 Å². The summed E-state index contributed by atoms with van der Waals surface area (Å²) in [7, 11) is 0. The molecule has 1 aromatic heterocycles. The van der Waals surface area contributed by atoms with Crippen LogP contribution >= 0.6 is 43.2 Å². The number of amides is 1. The number of rotatable bonds is 3. The zero-order valence-corrected chi connectivity index (χ0v) is 14.3. The Morgan fingerprint density at radius 2 is 2.33 bits per heavy atom. The molecule has 0 bridgehead atoms. The fourth-order valence-corrected chi connectivity index (χ4v) is 4.61. The molecule has 100 valence electrons. The van der Waals surface area contributed by atoms with Crippen molar-refractivity contribution in [3.8, 4) is 0 Å². The molecule has 2 unspecified atom stereocenters. The third-order valence-corrected chi connectivity index (χ3v) is 6.32. The number of hydrogen-bond acceptors (Lipinski definition) is 2. The van der Waals surface area contributed by atoms with Crippen molar-refractivity contribution in [1.29, 1.82) is 0 Å². The maximum Gasteiger partial charge on any atom is 0.261 e. The number of alkyl halides is 1. The number of nitrogens with one attached hydrogen (secondary N) is 1. The zero-order chi connectivity index (χ0) is 13.1. The average molecular weight is 395 g/mol. The van der Waals surface area contributed by atoms with Crippen molar-refractivity contribution in [3.63, 3.8) is 0 Å². The highest BCUT2D eigenvalue weighted by Crippen LogP contribution is 2.29. The highest BCUT2D eigenvalue weighted by atomic mass is 79.9. The van der Waals surface area contributed by atoms with E-state index in [0.29, 0.717) is 10.7 Å². The summed E-state index contributed by atoms with van der Waals surface area (Å²) < 4.78 is 1.05. The molecule has 0 aromatic carbocycles. The topological polar surface area (TPSA) is 29.1 Å². The maximum absolute atomic E-state index is 12.0. The normalized spacial score (nSPS) is 23.9. The van der Waals surface area contributed by atoms with Crippen molar-refractivity contribution in [2.45, 2.75) is 37.4 Å². The summed E-state index contributed by atoms with van der Waals surface area (Å²) in [6.07, 6.45) is 4.94. The number of carbonyl (C=O) groups is 1. The van der Waals surface area contributed by atoms with Gasteiger partial charge in [0.2, 0.25) is 0 Å². The van der Waals surface area contributed by atoms with Gasteiger partial charge in [-0.2, -0.15) is 0 Å². The van der Waals surface area contributed by atoms with E-state index in [1.54, 1.807) is 0 Å². The largest absolute Gasteiger partial charge is 0.351 e. The molecule has 0 spiro atoms. The van der Waals surface area contributed by atoms with Crippen LogP contribution in [0.1, 0.15) is 40.9 Å². The van der Waals surface area contributed by atoms with Crippen molar-refractivity contribution in [2.75, 3.05) is 6.54 Å². The molecule has 1 fully saturated rings. The zero-order valence-electron chi connectivity index (χ0n) is 10.3.